The van der Waals surface area contributed by atoms with Crippen molar-refractivity contribution in [3.8, 4) is 0 Å². The molecule has 0 saturated heterocycles. The van der Waals surface area contributed by atoms with E-state index in [1.165, 1.54) is 4.68 Å². The van der Waals surface area contributed by atoms with Crippen molar-refractivity contribution in [2.45, 2.75) is 6.67 Å². The Labute approximate surface area is 71.6 Å². The van der Waals surface area contributed by atoms with Gasteiger partial charge in [0.1, 0.15) is 0 Å². The van der Waals surface area contributed by atoms with Crippen LogP contribution in [0.3, 0.4) is 0 Å². The number of nitrogens with two attached hydrogens (primary N) is 2. The molecule has 8 heteroatoms. The number of hydrogen-bond acceptors (Lipinski definition) is 6. The number of nitrogens with zero attached hydrogens (tertiary/aromatic N) is 4. The van der Waals surface area contributed by atoms with Gasteiger partial charge in [-0.15, -0.1) is 5.10 Å². The fraction of sp³-hybridized carbons (Fsp3) is 0.200. The van der Waals surface area contributed by atoms with Crippen LogP contribution in [-0.2, 0) is 6.67 Å². The molecule has 0 aliphatic carbocycles. The second kappa shape index (κ2) is 2.52. The lowest BCUT2D eigenvalue weighted by Crippen LogP contribution is -2.14. The van der Waals surface area contributed by atoms with E-state index in [0.717, 1.165) is 0 Å². The van der Waals surface area contributed by atoms with Crippen LogP contribution in [0.1, 0.15) is 0 Å². The fourth-order valence-corrected chi connectivity index (χ4v) is 1.01. The molecule has 2 aromatic heterocycles. The molecule has 0 radical (unpaired) electrons. The van der Waals surface area contributed by atoms with E-state index in [9.17, 15) is 4.79 Å². The normalized spacial score (nSPS) is 10.8. The first-order valence-electron chi connectivity index (χ1n) is 3.51. The Morgan fingerprint density at radius 1 is 1.54 bits per heavy atom. The van der Waals surface area contributed by atoms with E-state index in [2.05, 4.69) is 20.3 Å². The van der Waals surface area contributed by atoms with Crippen molar-refractivity contribution >= 4 is 17.1 Å². The third kappa shape index (κ3) is 1.04. The van der Waals surface area contributed by atoms with E-state index in [0.29, 0.717) is 5.65 Å². The first kappa shape index (κ1) is 7.68. The molecule has 0 atom stereocenters. The summed E-state index contributed by atoms with van der Waals surface area (Å²) in [5.41, 5.74) is 10.7. The van der Waals surface area contributed by atoms with Gasteiger partial charge in [-0.2, -0.15) is 4.98 Å². The molecule has 0 saturated carbocycles. The molecule has 2 aromatic rings. The molecule has 0 spiro atoms. The molecule has 13 heavy (non-hydrogen) atoms. The molecule has 5 N–H and O–H groups in total. The van der Waals surface area contributed by atoms with Crippen LogP contribution in [0.4, 0.5) is 5.95 Å². The van der Waals surface area contributed by atoms with Crippen LogP contribution in [-0.4, -0.2) is 25.0 Å². The summed E-state index contributed by atoms with van der Waals surface area (Å²) in [6.07, 6.45) is 0. The van der Waals surface area contributed by atoms with Crippen LogP contribution in [0.5, 0.6) is 0 Å². The first-order chi connectivity index (χ1) is 6.22. The van der Waals surface area contributed by atoms with Gasteiger partial charge < -0.3 is 11.5 Å². The van der Waals surface area contributed by atoms with Gasteiger partial charge in [-0.05, 0) is 0 Å². The summed E-state index contributed by atoms with van der Waals surface area (Å²) >= 11 is 0. The van der Waals surface area contributed by atoms with Crippen LogP contribution in [0.25, 0.3) is 11.2 Å². The molecule has 0 bridgehead atoms. The predicted octanol–water partition coefficient (Wildman–Crippen LogP) is -1.99. The van der Waals surface area contributed by atoms with E-state index >= 15 is 0 Å². The van der Waals surface area contributed by atoms with Gasteiger partial charge in [0.15, 0.2) is 11.2 Å². The molecule has 0 unspecified atom stereocenters. The Morgan fingerprint density at radius 2 is 2.31 bits per heavy atom. The number of nitrogens with one attached hydrogen (secondary N) is 1. The van der Waals surface area contributed by atoms with Crippen molar-refractivity contribution in [1.29, 1.82) is 0 Å². The Balaban J connectivity index is 2.90. The van der Waals surface area contributed by atoms with E-state index in [1.807, 2.05) is 0 Å². The van der Waals surface area contributed by atoms with Gasteiger partial charge in [0, 0.05) is 0 Å². The number of H-pyrrole nitrogens is 1. The molecule has 0 aliphatic heterocycles. The monoisotopic (exact) mass is 181 g/mol. The second-order valence-corrected chi connectivity index (χ2v) is 2.39. The topological polar surface area (TPSA) is 128 Å². The van der Waals surface area contributed by atoms with Gasteiger partial charge >= 0.3 is 0 Å². The van der Waals surface area contributed by atoms with Crippen molar-refractivity contribution in [2.24, 2.45) is 5.73 Å². The summed E-state index contributed by atoms with van der Waals surface area (Å²) in [7, 11) is 0. The quantitative estimate of drug-likeness (QED) is 0.467. The minimum absolute atomic E-state index is 0.0227. The molecule has 2 heterocycles. The third-order valence-electron chi connectivity index (χ3n) is 1.56. The molecular weight excluding hydrogens is 174 g/mol. The Kier molecular flexibility index (Phi) is 1.49. The number of fused-ring (bicyclic) bond motifs is 1. The largest absolute Gasteiger partial charge is 0.369 e. The number of rotatable bonds is 1. The Morgan fingerprint density at radius 3 is 3.00 bits per heavy atom. The second-order valence-electron chi connectivity index (χ2n) is 2.39. The molecular formula is C5H7N7O. The number of anilines is 1. The number of aromatic amines is 1. The van der Waals surface area contributed by atoms with Crippen LogP contribution in [0, 0.1) is 0 Å². The Bertz CT molecular complexity index is 497. The molecule has 0 fully saturated rings. The maximum absolute atomic E-state index is 11.2. The van der Waals surface area contributed by atoms with Gasteiger partial charge in [-0.1, -0.05) is 5.21 Å². The lowest BCUT2D eigenvalue weighted by molar-refractivity contribution is 0.622. The zero-order valence-electron chi connectivity index (χ0n) is 6.56. The van der Waals surface area contributed by atoms with Crippen molar-refractivity contribution in [3.63, 3.8) is 0 Å². The summed E-state index contributed by atoms with van der Waals surface area (Å²) in [5.74, 6) is 0.0227. The first-order valence-corrected chi connectivity index (χ1v) is 3.51. The lowest BCUT2D eigenvalue weighted by Gasteiger charge is -1.95. The molecule has 8 nitrogen and oxygen atoms in total. The highest BCUT2D eigenvalue weighted by Gasteiger charge is 2.08. The van der Waals surface area contributed by atoms with Gasteiger partial charge in [0.2, 0.25) is 5.95 Å². The maximum atomic E-state index is 11.2. The molecule has 0 aliphatic rings. The standard InChI is InChI=1S/C5H7N7O/c6-1-12-3-2(10-11-12)4(13)9-5(7)8-3/h1,6H2,(H3,7,8,9,13). The highest BCUT2D eigenvalue weighted by Crippen LogP contribution is 2.01. The SMILES string of the molecule is NCn1nnc2c(=O)[nH]c(N)nc21. The number of hydrogen-bond donors (Lipinski definition) is 3. The van der Waals surface area contributed by atoms with Crippen LogP contribution < -0.4 is 17.0 Å². The summed E-state index contributed by atoms with van der Waals surface area (Å²) in [4.78, 5) is 17.3. The fourth-order valence-electron chi connectivity index (χ4n) is 1.01. The number of nitrogen functional groups attached to an aromatic ring is 1. The van der Waals surface area contributed by atoms with Gasteiger partial charge in [-0.25, -0.2) is 4.68 Å². The van der Waals surface area contributed by atoms with Gasteiger partial charge in [0.05, 0.1) is 6.67 Å². The van der Waals surface area contributed by atoms with Crippen LogP contribution >= 0.6 is 0 Å². The average molecular weight is 181 g/mol. The highest BCUT2D eigenvalue weighted by atomic mass is 16.1. The van der Waals surface area contributed by atoms with Crippen molar-refractivity contribution in [3.05, 3.63) is 10.4 Å². The smallest absolute Gasteiger partial charge is 0.282 e. The maximum Gasteiger partial charge on any atom is 0.282 e. The minimum atomic E-state index is -0.415. The predicted molar refractivity (Wildman–Crippen MR) is 44.5 cm³/mol. The lowest BCUT2D eigenvalue weighted by atomic mass is 10.5. The zero-order valence-corrected chi connectivity index (χ0v) is 6.56. The van der Waals surface area contributed by atoms with Crippen LogP contribution in [0.15, 0.2) is 4.79 Å². The van der Waals surface area contributed by atoms with E-state index < -0.39 is 5.56 Å². The van der Waals surface area contributed by atoms with E-state index in [1.54, 1.807) is 0 Å². The Hall–Kier alpha value is -1.96. The van der Waals surface area contributed by atoms with Gasteiger partial charge in [-0.3, -0.25) is 9.78 Å². The van der Waals surface area contributed by atoms with Crippen molar-refractivity contribution in [1.82, 2.24) is 25.0 Å². The third-order valence-corrected chi connectivity index (χ3v) is 1.56. The summed E-state index contributed by atoms with van der Waals surface area (Å²) in [6.45, 7) is 0.104. The van der Waals surface area contributed by atoms with E-state index in [4.69, 9.17) is 11.5 Å². The zero-order chi connectivity index (χ0) is 9.42. The van der Waals surface area contributed by atoms with Crippen LogP contribution in [0.2, 0.25) is 0 Å². The molecule has 0 amide bonds. The number of aromatic nitrogens is 5. The average Bonchev–Trinajstić information content (AvgIpc) is 2.47. The summed E-state index contributed by atoms with van der Waals surface area (Å²) in [6, 6.07) is 0. The summed E-state index contributed by atoms with van der Waals surface area (Å²) in [5, 5.41) is 7.22. The summed E-state index contributed by atoms with van der Waals surface area (Å²) < 4.78 is 1.29. The van der Waals surface area contributed by atoms with Crippen molar-refractivity contribution < 1.29 is 0 Å². The molecule has 0 aromatic carbocycles. The minimum Gasteiger partial charge on any atom is -0.369 e. The van der Waals surface area contributed by atoms with Crippen molar-refractivity contribution in [2.75, 3.05) is 5.73 Å². The molecule has 2 rings (SSSR count). The van der Waals surface area contributed by atoms with Gasteiger partial charge in [0.25, 0.3) is 5.56 Å². The van der Waals surface area contributed by atoms with E-state index in [-0.39, 0.29) is 18.1 Å². The molecule has 68 valence electrons. The highest BCUT2D eigenvalue weighted by molar-refractivity contribution is 5.69.